The highest BCUT2D eigenvalue weighted by Gasteiger charge is 2.67. The highest BCUT2D eigenvalue weighted by molar-refractivity contribution is 5.76. The fourth-order valence-electron chi connectivity index (χ4n) is 8.08. The van der Waals surface area contributed by atoms with Crippen LogP contribution in [0.1, 0.15) is 77.0 Å². The molecule has 2 saturated heterocycles. The third-order valence-corrected chi connectivity index (χ3v) is 9.35. The van der Waals surface area contributed by atoms with Crippen molar-refractivity contribution in [3.05, 3.63) is 0 Å². The third kappa shape index (κ3) is 3.62. The number of amides is 2. The molecule has 0 aromatic heterocycles. The average Bonchev–Trinajstić information content (AvgIpc) is 3.11. The number of piperidine rings is 1. The van der Waals surface area contributed by atoms with Crippen LogP contribution in [0.4, 0.5) is 4.79 Å². The summed E-state index contributed by atoms with van der Waals surface area (Å²) in [6.45, 7) is 1.24. The molecule has 2 N–H and O–H groups in total. The third-order valence-electron chi connectivity index (χ3n) is 9.35. The summed E-state index contributed by atoms with van der Waals surface area (Å²) in [5.41, 5.74) is 0. The topological polar surface area (TPSA) is 97.3 Å². The average molecular weight is 449 g/mol. The summed E-state index contributed by atoms with van der Waals surface area (Å²) in [6, 6.07) is -0.0518. The van der Waals surface area contributed by atoms with Crippen molar-refractivity contribution in [2.45, 2.75) is 94.7 Å². The van der Waals surface area contributed by atoms with Crippen molar-refractivity contribution in [1.82, 2.24) is 10.2 Å². The van der Waals surface area contributed by atoms with Crippen molar-refractivity contribution in [1.29, 1.82) is 0 Å². The van der Waals surface area contributed by atoms with Crippen molar-refractivity contribution in [2.24, 2.45) is 29.6 Å². The van der Waals surface area contributed by atoms with Gasteiger partial charge in [-0.05, 0) is 75.5 Å². The first-order valence-electron chi connectivity index (χ1n) is 12.8. The summed E-state index contributed by atoms with van der Waals surface area (Å²) >= 11 is 0. The van der Waals surface area contributed by atoms with Crippen molar-refractivity contribution >= 4 is 12.0 Å². The first-order valence-corrected chi connectivity index (χ1v) is 12.8. The Labute approximate surface area is 189 Å². The number of likely N-dealkylation sites (tertiary alicyclic amines) is 1. The molecule has 7 rings (SSSR count). The lowest BCUT2D eigenvalue weighted by molar-refractivity contribution is -0.390. The molecule has 32 heavy (non-hydrogen) atoms. The quantitative estimate of drug-likeness (QED) is 0.640. The molecule has 5 saturated carbocycles. The minimum Gasteiger partial charge on any atom is -0.465 e. The molecule has 2 aliphatic heterocycles. The van der Waals surface area contributed by atoms with Gasteiger partial charge in [0.2, 0.25) is 17.5 Å². The maximum absolute atomic E-state index is 13.0. The van der Waals surface area contributed by atoms with E-state index < -0.39 is 17.7 Å². The van der Waals surface area contributed by atoms with E-state index in [1.54, 1.807) is 0 Å². The number of carbonyl (C=O) groups excluding carboxylic acids is 1. The molecule has 2 heterocycles. The van der Waals surface area contributed by atoms with Crippen LogP contribution in [0.5, 0.6) is 0 Å². The van der Waals surface area contributed by atoms with Crippen LogP contribution < -0.4 is 5.32 Å². The van der Waals surface area contributed by atoms with Gasteiger partial charge in [0, 0.05) is 50.2 Å². The number of carboxylic acid groups (broad SMARTS) is 1. The molecule has 178 valence electrons. The van der Waals surface area contributed by atoms with Crippen molar-refractivity contribution in [2.75, 3.05) is 13.1 Å². The SMILES string of the molecule is O=C(O)NC1CCN(C(=O)C[C@@H]2CCC[C@]3(C2)OOC2(O3)C3CC4CC(C3)CC2C4)CC1. The summed E-state index contributed by atoms with van der Waals surface area (Å²) < 4.78 is 6.83. The predicted molar refractivity (Wildman–Crippen MR) is 113 cm³/mol. The minimum absolute atomic E-state index is 0.0518. The van der Waals surface area contributed by atoms with Crippen LogP contribution in [0.3, 0.4) is 0 Å². The van der Waals surface area contributed by atoms with Gasteiger partial charge >= 0.3 is 6.09 Å². The number of ether oxygens (including phenoxy) is 1. The van der Waals surface area contributed by atoms with Crippen LogP contribution in [-0.2, 0) is 19.3 Å². The lowest BCUT2D eigenvalue weighted by atomic mass is 9.53. The molecule has 2 amide bonds. The fourth-order valence-corrected chi connectivity index (χ4v) is 8.08. The monoisotopic (exact) mass is 448 g/mol. The number of hydrogen-bond acceptors (Lipinski definition) is 5. The van der Waals surface area contributed by atoms with Gasteiger partial charge < -0.3 is 20.1 Å². The van der Waals surface area contributed by atoms with Gasteiger partial charge in [-0.3, -0.25) is 4.79 Å². The number of rotatable bonds is 3. The molecule has 7 aliphatic rings. The van der Waals surface area contributed by atoms with Crippen molar-refractivity contribution in [3.8, 4) is 0 Å². The number of nitrogens with zero attached hydrogens (tertiary/aromatic N) is 1. The Bertz CT molecular complexity index is 738. The van der Waals surface area contributed by atoms with Crippen LogP contribution >= 0.6 is 0 Å². The van der Waals surface area contributed by atoms with Crippen LogP contribution in [0.25, 0.3) is 0 Å². The molecular weight excluding hydrogens is 412 g/mol. The minimum atomic E-state index is -0.988. The maximum Gasteiger partial charge on any atom is 0.404 e. The Balaban J connectivity index is 1.06. The molecule has 0 aromatic carbocycles. The zero-order valence-corrected chi connectivity index (χ0v) is 18.8. The summed E-state index contributed by atoms with van der Waals surface area (Å²) in [5, 5.41) is 11.4. The highest BCUT2D eigenvalue weighted by Crippen LogP contribution is 2.64. The molecule has 0 radical (unpaired) electrons. The Morgan fingerprint density at radius 1 is 0.969 bits per heavy atom. The lowest BCUT2D eigenvalue weighted by Crippen LogP contribution is -2.59. The highest BCUT2D eigenvalue weighted by atomic mass is 17.3. The molecule has 8 heteroatoms. The van der Waals surface area contributed by atoms with E-state index in [1.165, 1.54) is 32.1 Å². The van der Waals surface area contributed by atoms with Gasteiger partial charge in [0.1, 0.15) is 0 Å². The molecule has 7 fully saturated rings. The first kappa shape index (κ1) is 21.2. The van der Waals surface area contributed by atoms with Gasteiger partial charge in [-0.1, -0.05) is 0 Å². The molecule has 2 atom stereocenters. The second-order valence-electron chi connectivity index (χ2n) is 11.5. The summed E-state index contributed by atoms with van der Waals surface area (Å²) in [6.07, 6.45) is 10.7. The molecule has 2 spiro atoms. The van der Waals surface area contributed by atoms with Gasteiger partial charge in [0.25, 0.3) is 0 Å². The van der Waals surface area contributed by atoms with E-state index in [1.807, 2.05) is 4.90 Å². The van der Waals surface area contributed by atoms with E-state index in [2.05, 4.69) is 5.32 Å². The molecule has 0 unspecified atom stereocenters. The van der Waals surface area contributed by atoms with E-state index in [0.717, 1.165) is 37.5 Å². The normalized spacial score (nSPS) is 45.6. The van der Waals surface area contributed by atoms with E-state index >= 15 is 0 Å². The zero-order valence-electron chi connectivity index (χ0n) is 18.8. The van der Waals surface area contributed by atoms with E-state index in [4.69, 9.17) is 19.6 Å². The largest absolute Gasteiger partial charge is 0.465 e. The Morgan fingerprint density at radius 2 is 1.66 bits per heavy atom. The van der Waals surface area contributed by atoms with Gasteiger partial charge in [0.05, 0.1) is 0 Å². The van der Waals surface area contributed by atoms with Crippen LogP contribution in [0.2, 0.25) is 0 Å². The smallest absolute Gasteiger partial charge is 0.404 e. The number of nitrogens with one attached hydrogen (secondary N) is 1. The van der Waals surface area contributed by atoms with Gasteiger partial charge in [-0.15, -0.1) is 0 Å². The van der Waals surface area contributed by atoms with Crippen molar-refractivity contribution in [3.63, 3.8) is 0 Å². The second kappa shape index (κ2) is 7.84. The Hall–Kier alpha value is -1.38. The van der Waals surface area contributed by atoms with E-state index in [9.17, 15) is 9.59 Å². The standard InChI is InChI=1S/C24H36N2O6/c27-21(26-6-3-20(4-7-26)25-22(28)29)13-15-2-1-5-23(14-15)30-24(32-31-23)18-9-16-8-17(11-18)12-19(24)10-16/h15-20,25H,1-14H2,(H,28,29)/t15-,16?,17?,18?,19?,23+,24?/m0/s1. The number of carbonyl (C=O) groups is 2. The van der Waals surface area contributed by atoms with Gasteiger partial charge in [0.15, 0.2) is 0 Å². The number of hydrogen-bond donors (Lipinski definition) is 2. The fraction of sp³-hybridized carbons (Fsp3) is 0.917. The Kier molecular flexibility index (Phi) is 5.19. The lowest BCUT2D eigenvalue weighted by Gasteiger charge is -2.57. The first-order chi connectivity index (χ1) is 15.4. The Morgan fingerprint density at radius 3 is 2.31 bits per heavy atom. The van der Waals surface area contributed by atoms with Gasteiger partial charge in [-0.2, -0.15) is 9.78 Å². The summed E-state index contributed by atoms with van der Waals surface area (Å²) in [4.78, 5) is 37.9. The van der Waals surface area contributed by atoms with Crippen LogP contribution in [0.15, 0.2) is 0 Å². The second-order valence-corrected chi connectivity index (χ2v) is 11.5. The van der Waals surface area contributed by atoms with Crippen molar-refractivity contribution < 1.29 is 29.2 Å². The summed E-state index contributed by atoms with van der Waals surface area (Å²) in [5.74, 6) is 1.79. The van der Waals surface area contributed by atoms with E-state index in [0.29, 0.717) is 44.2 Å². The molecular formula is C24H36N2O6. The van der Waals surface area contributed by atoms with Crippen LogP contribution in [-0.4, -0.2) is 52.7 Å². The molecule has 4 bridgehead atoms. The van der Waals surface area contributed by atoms with Gasteiger partial charge in [-0.25, -0.2) is 4.79 Å². The van der Waals surface area contributed by atoms with E-state index in [-0.39, 0.29) is 17.9 Å². The zero-order chi connectivity index (χ0) is 21.9. The molecule has 5 aliphatic carbocycles. The maximum atomic E-state index is 13.0. The molecule has 0 aromatic rings. The predicted octanol–water partition coefficient (Wildman–Crippen LogP) is 3.65. The summed E-state index contributed by atoms with van der Waals surface area (Å²) in [7, 11) is 0. The molecule has 8 nitrogen and oxygen atoms in total. The van der Waals surface area contributed by atoms with Crippen LogP contribution in [0, 0.1) is 29.6 Å².